The highest BCUT2D eigenvalue weighted by Gasteiger charge is 2.20. The maximum absolute atomic E-state index is 12.5. The van der Waals surface area contributed by atoms with Crippen molar-refractivity contribution in [1.29, 1.82) is 0 Å². The average Bonchev–Trinajstić information content (AvgIpc) is 3.28. The Hall–Kier alpha value is -3.33. The zero-order valence-electron chi connectivity index (χ0n) is 20.7. The lowest BCUT2D eigenvalue weighted by Crippen LogP contribution is -2.37. The molecule has 0 bridgehead atoms. The van der Waals surface area contributed by atoms with E-state index in [1.54, 1.807) is 18.3 Å². The Kier molecular flexibility index (Phi) is 9.72. The number of rotatable bonds is 12. The van der Waals surface area contributed by atoms with Crippen LogP contribution in [0.3, 0.4) is 0 Å². The van der Waals surface area contributed by atoms with Crippen LogP contribution in [0.2, 0.25) is 0 Å². The standard InChI is InChI=1S/C26H33N3O5S/c1-5-32-24(30)17-29(26(31)34-18-19(2)3)16-20-10-12-21(13-11-20)33-15-14-28(4)25-27-22-8-6-7-9-23(22)35-25/h6-13,19H,5,14-18H2,1-4H3. The van der Waals surface area contributed by atoms with Crippen molar-refractivity contribution in [2.45, 2.75) is 27.3 Å². The van der Waals surface area contributed by atoms with Crippen LogP contribution in [0.1, 0.15) is 26.3 Å². The lowest BCUT2D eigenvalue weighted by atomic mass is 10.2. The molecule has 0 aliphatic carbocycles. The Labute approximate surface area is 210 Å². The lowest BCUT2D eigenvalue weighted by molar-refractivity contribution is -0.144. The number of amides is 1. The van der Waals surface area contributed by atoms with E-state index in [1.807, 2.05) is 63.4 Å². The second kappa shape index (κ2) is 12.9. The summed E-state index contributed by atoms with van der Waals surface area (Å²) in [6, 6.07) is 15.6. The number of hydrogen-bond acceptors (Lipinski definition) is 8. The normalized spacial score (nSPS) is 10.9. The molecule has 188 valence electrons. The number of benzene rings is 2. The van der Waals surface area contributed by atoms with E-state index < -0.39 is 12.1 Å². The van der Waals surface area contributed by atoms with Gasteiger partial charge in [0.1, 0.15) is 18.9 Å². The molecule has 0 fully saturated rings. The van der Waals surface area contributed by atoms with Crippen LogP contribution in [0.5, 0.6) is 5.75 Å². The number of aromatic nitrogens is 1. The third-order valence-electron chi connectivity index (χ3n) is 5.02. The number of esters is 1. The number of anilines is 1. The molecule has 0 saturated heterocycles. The molecule has 0 saturated carbocycles. The molecule has 1 aromatic heterocycles. The number of nitrogens with zero attached hydrogens (tertiary/aromatic N) is 3. The molecule has 0 aliphatic heterocycles. The minimum Gasteiger partial charge on any atom is -0.492 e. The summed E-state index contributed by atoms with van der Waals surface area (Å²) >= 11 is 1.66. The minimum absolute atomic E-state index is 0.166. The Bertz CT molecular complexity index is 1070. The van der Waals surface area contributed by atoms with Gasteiger partial charge in [-0.3, -0.25) is 9.69 Å². The minimum atomic E-state index is -0.537. The molecule has 2 aromatic carbocycles. The number of para-hydroxylation sites is 1. The molecule has 0 aliphatic rings. The van der Waals surface area contributed by atoms with Crippen LogP contribution < -0.4 is 9.64 Å². The Morgan fingerprint density at radius 1 is 1.06 bits per heavy atom. The largest absolute Gasteiger partial charge is 0.492 e. The molecule has 35 heavy (non-hydrogen) atoms. The molecule has 0 unspecified atom stereocenters. The van der Waals surface area contributed by atoms with Crippen LogP contribution in [-0.4, -0.2) is 61.9 Å². The summed E-state index contributed by atoms with van der Waals surface area (Å²) in [4.78, 5) is 32.6. The van der Waals surface area contributed by atoms with Gasteiger partial charge in [0.2, 0.25) is 0 Å². The van der Waals surface area contributed by atoms with E-state index in [2.05, 4.69) is 16.0 Å². The van der Waals surface area contributed by atoms with E-state index in [-0.39, 0.29) is 32.2 Å². The molecule has 0 spiro atoms. The van der Waals surface area contributed by atoms with Crippen LogP contribution in [0.15, 0.2) is 48.5 Å². The maximum atomic E-state index is 12.5. The molecule has 9 heteroatoms. The lowest BCUT2D eigenvalue weighted by Gasteiger charge is -2.22. The Morgan fingerprint density at radius 2 is 1.80 bits per heavy atom. The molecule has 0 radical (unpaired) electrons. The fraction of sp³-hybridized carbons (Fsp3) is 0.423. The zero-order valence-corrected chi connectivity index (χ0v) is 21.5. The van der Waals surface area contributed by atoms with Gasteiger partial charge >= 0.3 is 12.1 Å². The Morgan fingerprint density at radius 3 is 2.49 bits per heavy atom. The third kappa shape index (κ3) is 8.13. The average molecular weight is 500 g/mol. The van der Waals surface area contributed by atoms with Crippen molar-refractivity contribution in [3.05, 3.63) is 54.1 Å². The van der Waals surface area contributed by atoms with E-state index in [9.17, 15) is 9.59 Å². The number of ether oxygens (including phenoxy) is 3. The molecule has 1 heterocycles. The van der Waals surface area contributed by atoms with Gasteiger partial charge in [-0.25, -0.2) is 9.78 Å². The summed E-state index contributed by atoms with van der Waals surface area (Å²) in [5.74, 6) is 0.463. The van der Waals surface area contributed by atoms with E-state index in [0.29, 0.717) is 13.2 Å². The van der Waals surface area contributed by atoms with Crippen molar-refractivity contribution in [1.82, 2.24) is 9.88 Å². The number of carbonyl (C=O) groups excluding carboxylic acids is 2. The van der Waals surface area contributed by atoms with E-state index in [0.717, 1.165) is 26.7 Å². The van der Waals surface area contributed by atoms with Gasteiger partial charge in [-0.2, -0.15) is 0 Å². The van der Waals surface area contributed by atoms with Crippen molar-refractivity contribution >= 4 is 38.7 Å². The predicted molar refractivity (Wildman–Crippen MR) is 138 cm³/mol. The first-order chi connectivity index (χ1) is 16.9. The second-order valence-corrected chi connectivity index (χ2v) is 9.52. The summed E-state index contributed by atoms with van der Waals surface area (Å²) in [5.41, 5.74) is 1.86. The van der Waals surface area contributed by atoms with Crippen LogP contribution in [0.25, 0.3) is 10.2 Å². The molecule has 0 atom stereocenters. The highest BCUT2D eigenvalue weighted by molar-refractivity contribution is 7.22. The first kappa shape index (κ1) is 26.3. The molecule has 8 nitrogen and oxygen atoms in total. The highest BCUT2D eigenvalue weighted by Crippen LogP contribution is 2.27. The van der Waals surface area contributed by atoms with Gasteiger partial charge in [0.25, 0.3) is 0 Å². The van der Waals surface area contributed by atoms with Crippen molar-refractivity contribution in [2.24, 2.45) is 5.92 Å². The van der Waals surface area contributed by atoms with Crippen LogP contribution in [-0.2, 0) is 20.8 Å². The van der Waals surface area contributed by atoms with Gasteiger partial charge in [0.15, 0.2) is 5.13 Å². The maximum Gasteiger partial charge on any atom is 0.410 e. The highest BCUT2D eigenvalue weighted by atomic mass is 32.1. The summed E-state index contributed by atoms with van der Waals surface area (Å²) < 4.78 is 17.4. The zero-order chi connectivity index (χ0) is 25.2. The molecular formula is C26H33N3O5S. The summed E-state index contributed by atoms with van der Waals surface area (Å²) in [6.07, 6.45) is -0.537. The SMILES string of the molecule is CCOC(=O)CN(Cc1ccc(OCCN(C)c2nc3ccccc3s2)cc1)C(=O)OCC(C)C. The smallest absolute Gasteiger partial charge is 0.410 e. The first-order valence-electron chi connectivity index (χ1n) is 11.7. The summed E-state index contributed by atoms with van der Waals surface area (Å²) in [5, 5.41) is 0.955. The van der Waals surface area contributed by atoms with Crippen LogP contribution in [0, 0.1) is 5.92 Å². The van der Waals surface area contributed by atoms with Crippen molar-refractivity contribution in [2.75, 3.05) is 44.9 Å². The first-order valence-corrected chi connectivity index (χ1v) is 12.5. The van der Waals surface area contributed by atoms with E-state index in [1.165, 1.54) is 4.90 Å². The molecule has 1 amide bonds. The summed E-state index contributed by atoms with van der Waals surface area (Å²) in [7, 11) is 2.00. The van der Waals surface area contributed by atoms with Gasteiger partial charge in [-0.15, -0.1) is 0 Å². The van der Waals surface area contributed by atoms with Crippen molar-refractivity contribution in [3.8, 4) is 5.75 Å². The van der Waals surface area contributed by atoms with E-state index in [4.69, 9.17) is 14.2 Å². The quantitative estimate of drug-likeness (QED) is 0.326. The molecule has 3 aromatic rings. The van der Waals surface area contributed by atoms with E-state index >= 15 is 0 Å². The Balaban J connectivity index is 1.52. The van der Waals surface area contributed by atoms with Crippen LogP contribution >= 0.6 is 11.3 Å². The third-order valence-corrected chi connectivity index (χ3v) is 6.18. The molecular weight excluding hydrogens is 466 g/mol. The van der Waals surface area contributed by atoms with Gasteiger partial charge < -0.3 is 19.1 Å². The van der Waals surface area contributed by atoms with Gasteiger partial charge in [0.05, 0.1) is 30.0 Å². The predicted octanol–water partition coefficient (Wildman–Crippen LogP) is 4.97. The topological polar surface area (TPSA) is 81.2 Å². The van der Waals surface area contributed by atoms with Gasteiger partial charge in [0, 0.05) is 13.6 Å². The number of likely N-dealkylation sites (N-methyl/N-ethyl adjacent to an activating group) is 1. The van der Waals surface area contributed by atoms with Crippen molar-refractivity contribution in [3.63, 3.8) is 0 Å². The van der Waals surface area contributed by atoms with Gasteiger partial charge in [-0.05, 0) is 42.7 Å². The second-order valence-electron chi connectivity index (χ2n) is 8.51. The fourth-order valence-electron chi connectivity index (χ4n) is 3.21. The molecule has 3 rings (SSSR count). The number of hydrogen-bond donors (Lipinski definition) is 0. The van der Waals surface area contributed by atoms with Crippen molar-refractivity contribution < 1.29 is 23.8 Å². The molecule has 0 N–H and O–H groups in total. The summed E-state index contributed by atoms with van der Waals surface area (Å²) in [6.45, 7) is 7.45. The fourth-order valence-corrected chi connectivity index (χ4v) is 4.16. The van der Waals surface area contributed by atoms with Crippen LogP contribution in [0.4, 0.5) is 9.93 Å². The van der Waals surface area contributed by atoms with Gasteiger partial charge in [-0.1, -0.05) is 49.4 Å². The monoisotopic (exact) mass is 499 g/mol. The number of thiazole rings is 1. The number of fused-ring (bicyclic) bond motifs is 1. The number of carbonyl (C=O) groups is 2.